The molecule has 4 fully saturated rings. The zero-order valence-electron chi connectivity index (χ0n) is 17.4. The van der Waals surface area contributed by atoms with Gasteiger partial charge in [0.15, 0.2) is 12.4 Å². The van der Waals surface area contributed by atoms with Gasteiger partial charge in [-0.15, -0.1) is 0 Å². The van der Waals surface area contributed by atoms with Crippen molar-refractivity contribution in [2.24, 2.45) is 0 Å². The molecule has 176 valence electrons. The largest absolute Gasteiger partial charge is 0.385 e. The SMILES string of the molecule is C=C1CCO[C@]2([C@@H](OS(C)(=O)=O)[C@@](C)(O)COC3CCCCO3)NC(=O)[C@@]1(O)NC2=O. The minimum atomic E-state index is -4.26. The van der Waals surface area contributed by atoms with Gasteiger partial charge >= 0.3 is 0 Å². The second kappa shape index (κ2) is 8.39. The lowest BCUT2D eigenvalue weighted by Crippen LogP contribution is -2.83. The summed E-state index contributed by atoms with van der Waals surface area (Å²) in [6.07, 6.45) is 0.406. The zero-order valence-corrected chi connectivity index (χ0v) is 18.2. The Labute approximate surface area is 180 Å². The fourth-order valence-corrected chi connectivity index (χ4v) is 4.41. The van der Waals surface area contributed by atoms with Crippen molar-refractivity contribution in [1.29, 1.82) is 0 Å². The number of carbonyl (C=O) groups excluding carboxylic acids is 2. The quantitative estimate of drug-likeness (QED) is 0.250. The van der Waals surface area contributed by atoms with E-state index in [-0.39, 0.29) is 18.6 Å². The molecule has 31 heavy (non-hydrogen) atoms. The van der Waals surface area contributed by atoms with Crippen LogP contribution in [-0.4, -0.2) is 86.0 Å². The van der Waals surface area contributed by atoms with Crippen LogP contribution in [0.3, 0.4) is 0 Å². The second-order valence-corrected chi connectivity index (χ2v) is 9.80. The Kier molecular flexibility index (Phi) is 6.50. The first-order chi connectivity index (χ1) is 14.3. The molecule has 2 amide bonds. The molecule has 0 aromatic heterocycles. The van der Waals surface area contributed by atoms with Gasteiger partial charge in [-0.05, 0) is 38.2 Å². The van der Waals surface area contributed by atoms with E-state index >= 15 is 0 Å². The summed E-state index contributed by atoms with van der Waals surface area (Å²) in [6, 6.07) is 0. The normalized spacial score (nSPS) is 34.8. The lowest BCUT2D eigenvalue weighted by atomic mass is 9.85. The van der Waals surface area contributed by atoms with E-state index < -0.39 is 58.0 Å². The lowest BCUT2D eigenvalue weighted by molar-refractivity contribution is -0.241. The van der Waals surface area contributed by atoms with Gasteiger partial charge in [0.25, 0.3) is 27.7 Å². The molecule has 0 saturated carbocycles. The molecule has 1 unspecified atom stereocenters. The van der Waals surface area contributed by atoms with Crippen molar-refractivity contribution in [1.82, 2.24) is 10.6 Å². The van der Waals surface area contributed by atoms with E-state index in [1.807, 2.05) is 0 Å². The van der Waals surface area contributed by atoms with E-state index in [1.54, 1.807) is 0 Å². The van der Waals surface area contributed by atoms with Crippen molar-refractivity contribution in [3.05, 3.63) is 12.2 Å². The summed E-state index contributed by atoms with van der Waals surface area (Å²) in [5.41, 5.74) is -7.04. The standard InChI is InChI=1S/C18H28N2O10S/c1-11-7-9-29-18(15(22)19-17(11,24)14(21)20-18)13(30-31(3,25)26)16(2,23)10-28-12-6-4-5-8-27-12/h12-13,23-24H,1,4-10H2,2-3H3,(H,19,22)(H,20,21)/t12?,13-,16-,17+,18-/m0/s1. The van der Waals surface area contributed by atoms with Crippen LogP contribution in [0.25, 0.3) is 0 Å². The molecule has 4 rings (SSSR count). The predicted octanol–water partition coefficient (Wildman–Crippen LogP) is -1.77. The smallest absolute Gasteiger partial charge is 0.280 e. The maximum Gasteiger partial charge on any atom is 0.280 e. The summed E-state index contributed by atoms with van der Waals surface area (Å²) in [4.78, 5) is 25.7. The lowest BCUT2D eigenvalue weighted by Gasteiger charge is -2.50. The molecule has 12 nitrogen and oxygen atoms in total. The molecule has 0 aliphatic carbocycles. The van der Waals surface area contributed by atoms with Crippen molar-refractivity contribution in [3.63, 3.8) is 0 Å². The van der Waals surface area contributed by atoms with Crippen LogP contribution >= 0.6 is 0 Å². The Balaban J connectivity index is 1.95. The first kappa shape index (κ1) is 24.0. The van der Waals surface area contributed by atoms with E-state index in [2.05, 4.69) is 17.2 Å². The molecule has 4 aliphatic heterocycles. The van der Waals surface area contributed by atoms with Crippen molar-refractivity contribution in [2.75, 3.05) is 26.1 Å². The first-order valence-electron chi connectivity index (χ1n) is 9.84. The number of fused-ring (bicyclic) bond motifs is 5. The van der Waals surface area contributed by atoms with Crippen LogP contribution in [0.15, 0.2) is 12.2 Å². The molecule has 5 atom stereocenters. The predicted molar refractivity (Wildman–Crippen MR) is 104 cm³/mol. The Morgan fingerprint density at radius 1 is 1.29 bits per heavy atom. The Morgan fingerprint density at radius 3 is 2.61 bits per heavy atom. The summed E-state index contributed by atoms with van der Waals surface area (Å²) in [6.45, 7) is 4.53. The molecule has 4 aliphatic rings. The molecule has 0 aromatic rings. The molecule has 2 bridgehead atoms. The van der Waals surface area contributed by atoms with Gasteiger partial charge in [0.1, 0.15) is 5.60 Å². The van der Waals surface area contributed by atoms with Crippen LogP contribution in [-0.2, 0) is 38.1 Å². The van der Waals surface area contributed by atoms with E-state index in [9.17, 15) is 28.2 Å². The molecular weight excluding hydrogens is 436 g/mol. The minimum absolute atomic E-state index is 0.0169. The third-order valence-electron chi connectivity index (χ3n) is 5.41. The molecule has 4 heterocycles. The third kappa shape index (κ3) is 4.77. The van der Waals surface area contributed by atoms with Gasteiger partial charge < -0.3 is 35.1 Å². The molecule has 0 aromatic carbocycles. The summed E-state index contributed by atoms with van der Waals surface area (Å²) in [5.74, 6) is -2.22. The molecular formula is C18H28N2O10S. The fraction of sp³-hybridized carbons (Fsp3) is 0.778. The van der Waals surface area contributed by atoms with Gasteiger partial charge in [-0.3, -0.25) is 13.8 Å². The highest BCUT2D eigenvalue weighted by Crippen LogP contribution is 2.36. The van der Waals surface area contributed by atoms with Crippen molar-refractivity contribution >= 4 is 21.9 Å². The first-order valence-corrected chi connectivity index (χ1v) is 11.7. The zero-order chi connectivity index (χ0) is 23.1. The minimum Gasteiger partial charge on any atom is -0.385 e. The molecule has 4 N–H and O–H groups in total. The molecule has 4 saturated heterocycles. The van der Waals surface area contributed by atoms with Crippen LogP contribution in [0.2, 0.25) is 0 Å². The summed E-state index contributed by atoms with van der Waals surface area (Å²) in [5, 5.41) is 26.0. The van der Waals surface area contributed by atoms with Gasteiger partial charge in [0.05, 0.1) is 19.5 Å². The maximum atomic E-state index is 13.0. The Morgan fingerprint density at radius 2 is 2.00 bits per heavy atom. The second-order valence-electron chi connectivity index (χ2n) is 8.20. The van der Waals surface area contributed by atoms with Crippen molar-refractivity contribution < 1.29 is 46.6 Å². The number of rotatable bonds is 7. The molecule has 0 spiro atoms. The van der Waals surface area contributed by atoms with Gasteiger partial charge in [-0.2, -0.15) is 8.42 Å². The van der Waals surface area contributed by atoms with E-state index in [0.29, 0.717) is 13.0 Å². The third-order valence-corrected chi connectivity index (χ3v) is 5.95. The van der Waals surface area contributed by atoms with E-state index in [1.165, 1.54) is 6.92 Å². The molecule has 0 radical (unpaired) electrons. The highest BCUT2D eigenvalue weighted by Gasteiger charge is 2.65. The highest BCUT2D eigenvalue weighted by atomic mass is 32.2. The van der Waals surface area contributed by atoms with Crippen LogP contribution in [0.5, 0.6) is 0 Å². The van der Waals surface area contributed by atoms with Gasteiger partial charge in [0, 0.05) is 6.61 Å². The molecule has 13 heteroatoms. The van der Waals surface area contributed by atoms with Crippen LogP contribution in [0.1, 0.15) is 32.6 Å². The summed E-state index contributed by atoms with van der Waals surface area (Å²) in [7, 11) is -4.26. The monoisotopic (exact) mass is 464 g/mol. The number of piperazine rings is 1. The number of hydrogen-bond donors (Lipinski definition) is 4. The highest BCUT2D eigenvalue weighted by molar-refractivity contribution is 7.86. The van der Waals surface area contributed by atoms with Crippen LogP contribution in [0, 0.1) is 0 Å². The fourth-order valence-electron chi connectivity index (χ4n) is 3.72. The van der Waals surface area contributed by atoms with E-state index in [0.717, 1.165) is 19.1 Å². The Bertz CT molecular complexity index is 853. The number of ether oxygens (including phenoxy) is 3. The van der Waals surface area contributed by atoms with E-state index in [4.69, 9.17) is 18.4 Å². The number of nitrogens with one attached hydrogen (secondary N) is 2. The van der Waals surface area contributed by atoms with Gasteiger partial charge in [-0.1, -0.05) is 6.58 Å². The summed E-state index contributed by atoms with van der Waals surface area (Å²) >= 11 is 0. The van der Waals surface area contributed by atoms with Crippen LogP contribution in [0.4, 0.5) is 0 Å². The maximum absolute atomic E-state index is 13.0. The van der Waals surface area contributed by atoms with Gasteiger partial charge in [0.2, 0.25) is 5.72 Å². The number of aliphatic hydroxyl groups is 2. The topological polar surface area (TPSA) is 170 Å². The number of carbonyl (C=O) groups is 2. The van der Waals surface area contributed by atoms with Crippen molar-refractivity contribution in [2.45, 2.75) is 62.1 Å². The van der Waals surface area contributed by atoms with Crippen LogP contribution < -0.4 is 10.6 Å². The average Bonchev–Trinajstić information content (AvgIpc) is 2.68. The van der Waals surface area contributed by atoms with Crippen molar-refractivity contribution in [3.8, 4) is 0 Å². The number of amides is 2. The Hall–Kier alpha value is -1.61. The van der Waals surface area contributed by atoms with Gasteiger partial charge in [-0.25, -0.2) is 0 Å². The average molecular weight is 464 g/mol. The summed E-state index contributed by atoms with van der Waals surface area (Å²) < 4.78 is 45.7. The number of hydrogen-bond acceptors (Lipinski definition) is 10.